The molecule has 2 atom stereocenters. The van der Waals surface area contributed by atoms with Gasteiger partial charge in [0.2, 0.25) is 0 Å². The molecule has 1 fully saturated rings. The zero-order chi connectivity index (χ0) is 26.2. The number of aliphatic hydroxyl groups excluding tert-OH is 1. The topological polar surface area (TPSA) is 82.1 Å². The quantitative estimate of drug-likeness (QED) is 0.339. The van der Waals surface area contributed by atoms with E-state index in [2.05, 4.69) is 0 Å². The van der Waals surface area contributed by atoms with E-state index >= 15 is 0 Å². The van der Waals surface area contributed by atoms with Crippen molar-refractivity contribution in [2.75, 3.05) is 7.11 Å². The zero-order valence-electron chi connectivity index (χ0n) is 21.5. The molecule has 3 aliphatic rings. The summed E-state index contributed by atoms with van der Waals surface area (Å²) >= 11 is 0. The third kappa shape index (κ3) is 5.13. The molecule has 196 valence electrons. The van der Waals surface area contributed by atoms with Gasteiger partial charge in [-0.15, -0.1) is 0 Å². The highest BCUT2D eigenvalue weighted by atomic mass is 32.2. The summed E-state index contributed by atoms with van der Waals surface area (Å²) in [6.07, 6.45) is 2.01. The summed E-state index contributed by atoms with van der Waals surface area (Å²) in [5.41, 5.74) is 4.67. The van der Waals surface area contributed by atoms with Crippen LogP contribution in [0.1, 0.15) is 78.4 Å². The molecule has 7 heteroatoms. The highest BCUT2D eigenvalue weighted by Crippen LogP contribution is 2.57. The SMILES string of the molecule is COc1cc(C(OS(=O)(=O)c2ccc(C)cc2)C(C)O)c(OCc2ccccc2)c2c1C1CCC2CC1. The molecular weight excluding hydrogens is 488 g/mol. The lowest BCUT2D eigenvalue weighted by Crippen LogP contribution is -2.27. The second-order valence-electron chi connectivity index (χ2n) is 10.2. The molecule has 2 unspecified atom stereocenters. The van der Waals surface area contributed by atoms with E-state index in [0.29, 0.717) is 35.5 Å². The molecule has 0 aromatic heterocycles. The number of methoxy groups -OCH3 is 1. The minimum absolute atomic E-state index is 0.0412. The molecule has 1 N–H and O–H groups in total. The third-order valence-corrected chi connectivity index (χ3v) is 8.93. The van der Waals surface area contributed by atoms with Crippen molar-refractivity contribution in [3.8, 4) is 11.5 Å². The number of rotatable bonds is 9. The number of fused-ring (bicyclic) bond motifs is 2. The first-order valence-corrected chi connectivity index (χ1v) is 14.3. The lowest BCUT2D eigenvalue weighted by atomic mass is 9.66. The Hall–Kier alpha value is -2.87. The Morgan fingerprint density at radius 1 is 0.946 bits per heavy atom. The molecule has 6 rings (SSSR count). The minimum Gasteiger partial charge on any atom is -0.496 e. The van der Waals surface area contributed by atoms with Crippen LogP contribution in [0, 0.1) is 6.92 Å². The summed E-state index contributed by atoms with van der Waals surface area (Å²) in [5, 5.41) is 10.8. The van der Waals surface area contributed by atoms with E-state index in [1.165, 1.54) is 19.1 Å². The molecule has 37 heavy (non-hydrogen) atoms. The Morgan fingerprint density at radius 3 is 2.16 bits per heavy atom. The van der Waals surface area contributed by atoms with E-state index in [1.54, 1.807) is 19.2 Å². The molecule has 0 spiro atoms. The van der Waals surface area contributed by atoms with Gasteiger partial charge in [-0.05, 0) is 75.1 Å². The van der Waals surface area contributed by atoms with Gasteiger partial charge in [-0.25, -0.2) is 0 Å². The zero-order valence-corrected chi connectivity index (χ0v) is 22.3. The number of hydrogen-bond acceptors (Lipinski definition) is 6. The molecule has 0 aliphatic heterocycles. The first-order chi connectivity index (χ1) is 17.8. The Bertz CT molecular complexity index is 1340. The molecule has 2 bridgehead atoms. The molecular formula is C30H34O6S. The van der Waals surface area contributed by atoms with Crippen LogP contribution in [0.15, 0.2) is 65.6 Å². The fourth-order valence-electron chi connectivity index (χ4n) is 5.75. The van der Waals surface area contributed by atoms with Crippen molar-refractivity contribution in [1.82, 2.24) is 0 Å². The van der Waals surface area contributed by atoms with Crippen molar-refractivity contribution in [3.63, 3.8) is 0 Å². The Kier molecular flexibility index (Phi) is 7.30. The van der Waals surface area contributed by atoms with Gasteiger partial charge in [0.05, 0.1) is 18.1 Å². The predicted octanol–water partition coefficient (Wildman–Crippen LogP) is 6.16. The summed E-state index contributed by atoms with van der Waals surface area (Å²) in [6.45, 7) is 3.74. The van der Waals surface area contributed by atoms with Crippen molar-refractivity contribution in [3.05, 3.63) is 88.5 Å². The van der Waals surface area contributed by atoms with E-state index in [4.69, 9.17) is 13.7 Å². The van der Waals surface area contributed by atoms with Gasteiger partial charge in [-0.2, -0.15) is 8.42 Å². The molecule has 0 heterocycles. The van der Waals surface area contributed by atoms with Gasteiger partial charge in [0, 0.05) is 16.7 Å². The number of aryl methyl sites for hydroxylation is 1. The maximum absolute atomic E-state index is 13.3. The van der Waals surface area contributed by atoms with Crippen LogP contribution in [0.5, 0.6) is 11.5 Å². The Labute approximate surface area is 219 Å². The Morgan fingerprint density at radius 2 is 1.57 bits per heavy atom. The third-order valence-electron chi connectivity index (χ3n) is 7.62. The highest BCUT2D eigenvalue weighted by molar-refractivity contribution is 7.86. The van der Waals surface area contributed by atoms with Crippen molar-refractivity contribution >= 4 is 10.1 Å². The van der Waals surface area contributed by atoms with Gasteiger partial charge in [-0.1, -0.05) is 48.0 Å². The normalized spacial score (nSPS) is 20.2. The maximum Gasteiger partial charge on any atom is 0.297 e. The van der Waals surface area contributed by atoms with E-state index < -0.39 is 22.3 Å². The average Bonchev–Trinajstić information content (AvgIpc) is 2.91. The van der Waals surface area contributed by atoms with Crippen molar-refractivity contribution < 1.29 is 27.2 Å². The maximum atomic E-state index is 13.3. The van der Waals surface area contributed by atoms with Crippen LogP contribution < -0.4 is 9.47 Å². The molecule has 3 aromatic rings. The van der Waals surface area contributed by atoms with Gasteiger partial charge >= 0.3 is 0 Å². The second kappa shape index (κ2) is 10.5. The van der Waals surface area contributed by atoms with Crippen molar-refractivity contribution in [2.24, 2.45) is 0 Å². The highest BCUT2D eigenvalue weighted by Gasteiger charge is 2.41. The van der Waals surface area contributed by atoms with Crippen LogP contribution in [0.2, 0.25) is 0 Å². The predicted molar refractivity (Wildman–Crippen MR) is 142 cm³/mol. The van der Waals surface area contributed by atoms with E-state index in [1.807, 2.05) is 43.3 Å². The molecule has 1 saturated carbocycles. The van der Waals surface area contributed by atoms with Crippen LogP contribution in [0.25, 0.3) is 0 Å². The largest absolute Gasteiger partial charge is 0.496 e. The van der Waals surface area contributed by atoms with Gasteiger partial charge < -0.3 is 14.6 Å². The fraction of sp³-hybridized carbons (Fsp3) is 0.400. The first-order valence-electron chi connectivity index (χ1n) is 12.9. The van der Waals surface area contributed by atoms with Gasteiger partial charge in [0.15, 0.2) is 0 Å². The van der Waals surface area contributed by atoms with Gasteiger partial charge in [0.1, 0.15) is 24.2 Å². The first kappa shape index (κ1) is 25.8. The summed E-state index contributed by atoms with van der Waals surface area (Å²) in [4.78, 5) is 0.0412. The van der Waals surface area contributed by atoms with Crippen molar-refractivity contribution in [1.29, 1.82) is 0 Å². The van der Waals surface area contributed by atoms with E-state index in [9.17, 15) is 13.5 Å². The fourth-order valence-corrected chi connectivity index (χ4v) is 6.87. The van der Waals surface area contributed by atoms with Crippen molar-refractivity contribution in [2.45, 2.75) is 75.1 Å². The Balaban J connectivity index is 1.62. The van der Waals surface area contributed by atoms with Gasteiger partial charge in [0.25, 0.3) is 10.1 Å². The van der Waals surface area contributed by atoms with Crippen LogP contribution in [0.3, 0.4) is 0 Å². The van der Waals surface area contributed by atoms with Crippen LogP contribution in [-0.4, -0.2) is 26.7 Å². The summed E-state index contributed by atoms with van der Waals surface area (Å²) in [6, 6.07) is 18.1. The minimum atomic E-state index is -4.16. The van der Waals surface area contributed by atoms with Gasteiger partial charge in [-0.3, -0.25) is 4.18 Å². The smallest absolute Gasteiger partial charge is 0.297 e. The van der Waals surface area contributed by atoms with Crippen LogP contribution in [0.4, 0.5) is 0 Å². The van der Waals surface area contributed by atoms with Crippen LogP contribution in [-0.2, 0) is 20.9 Å². The monoisotopic (exact) mass is 522 g/mol. The number of ether oxygens (including phenoxy) is 2. The molecule has 3 aromatic carbocycles. The summed E-state index contributed by atoms with van der Waals surface area (Å²) < 4.78 is 44.7. The number of benzene rings is 3. The number of hydrogen-bond donors (Lipinski definition) is 1. The molecule has 3 aliphatic carbocycles. The summed E-state index contributed by atoms with van der Waals surface area (Å²) in [5.74, 6) is 1.99. The van der Waals surface area contributed by atoms with E-state index in [0.717, 1.165) is 47.9 Å². The molecule has 0 amide bonds. The molecule has 6 nitrogen and oxygen atoms in total. The number of aliphatic hydroxyl groups is 1. The van der Waals surface area contributed by atoms with Crippen LogP contribution >= 0.6 is 0 Å². The molecule has 0 saturated heterocycles. The lowest BCUT2D eigenvalue weighted by molar-refractivity contribution is 0.0497. The summed E-state index contributed by atoms with van der Waals surface area (Å²) in [7, 11) is -2.53. The second-order valence-corrected chi connectivity index (χ2v) is 11.7. The lowest BCUT2D eigenvalue weighted by Gasteiger charge is -2.41. The van der Waals surface area contributed by atoms with E-state index in [-0.39, 0.29) is 4.90 Å². The average molecular weight is 523 g/mol. The molecule has 0 radical (unpaired) electrons. The standard InChI is InChI=1S/C30H34O6S/c1-19-9-15-24(16-10-19)37(32,33)36-29(20(2)31)25-17-26(34-3)27-22-11-13-23(14-12-22)28(27)30(25)35-18-21-7-5-4-6-8-21/h4-10,15-17,20,22-23,29,31H,11-14,18H2,1-3H3.